The predicted molar refractivity (Wildman–Crippen MR) is 88.6 cm³/mol. The van der Waals surface area contributed by atoms with E-state index >= 15 is 0 Å². The van der Waals surface area contributed by atoms with Crippen LogP contribution in [0.1, 0.15) is 41.8 Å². The minimum Gasteiger partial charge on any atom is -0.464 e. The first-order chi connectivity index (χ1) is 10.3. The van der Waals surface area contributed by atoms with Crippen molar-refractivity contribution in [2.45, 2.75) is 41.0 Å². The maximum Gasteiger partial charge on any atom is 0.296 e. The zero-order valence-electron chi connectivity index (χ0n) is 14.0. The van der Waals surface area contributed by atoms with Gasteiger partial charge in [0.1, 0.15) is 0 Å². The Morgan fingerprint density at radius 2 is 1.77 bits per heavy atom. The molecule has 2 aromatic rings. The van der Waals surface area contributed by atoms with Crippen LogP contribution in [0.4, 0.5) is 0 Å². The Balaban J connectivity index is 2.31. The van der Waals surface area contributed by atoms with E-state index in [1.165, 1.54) is 11.1 Å². The van der Waals surface area contributed by atoms with Crippen molar-refractivity contribution in [2.75, 3.05) is 6.61 Å². The van der Waals surface area contributed by atoms with Crippen molar-refractivity contribution in [1.29, 1.82) is 0 Å². The van der Waals surface area contributed by atoms with Crippen LogP contribution in [-0.2, 0) is 6.42 Å². The Morgan fingerprint density at radius 1 is 1.14 bits per heavy atom. The molecule has 0 fully saturated rings. The minimum absolute atomic E-state index is 0.131. The molecule has 1 heterocycles. The van der Waals surface area contributed by atoms with Crippen molar-refractivity contribution in [3.05, 3.63) is 56.5 Å². The van der Waals surface area contributed by atoms with Crippen LogP contribution in [0.15, 0.2) is 23.0 Å². The fraction of sp³-hybridized carbons (Fsp3) is 0.444. The largest absolute Gasteiger partial charge is 0.464 e. The van der Waals surface area contributed by atoms with Gasteiger partial charge in [-0.15, -0.1) is 0 Å². The number of aromatic nitrogens is 2. The molecule has 22 heavy (non-hydrogen) atoms. The van der Waals surface area contributed by atoms with Gasteiger partial charge in [-0.3, -0.25) is 9.78 Å². The third-order valence-electron chi connectivity index (χ3n) is 3.44. The van der Waals surface area contributed by atoms with Gasteiger partial charge < -0.3 is 4.74 Å². The summed E-state index contributed by atoms with van der Waals surface area (Å²) in [6.45, 7) is 10.6. The second-order valence-electron chi connectivity index (χ2n) is 6.32. The standard InChI is InChI=1S/C18H24N2O2/c1-11(2)10-22-18-19-16(14(5)17(21)20-18)9-15-7-12(3)6-13(4)8-15/h6-8,11H,9-10H2,1-5H3,(H,19,20,21). The molecule has 0 unspecified atom stereocenters. The molecule has 0 spiro atoms. The van der Waals surface area contributed by atoms with E-state index in [1.807, 2.05) is 0 Å². The maximum absolute atomic E-state index is 12.1. The van der Waals surface area contributed by atoms with Gasteiger partial charge in [0, 0.05) is 12.0 Å². The number of hydrogen-bond donors (Lipinski definition) is 1. The highest BCUT2D eigenvalue weighted by atomic mass is 16.5. The average Bonchev–Trinajstić information content (AvgIpc) is 2.40. The Morgan fingerprint density at radius 3 is 2.36 bits per heavy atom. The van der Waals surface area contributed by atoms with Gasteiger partial charge in [-0.2, -0.15) is 0 Å². The number of nitrogens with one attached hydrogen (secondary N) is 1. The molecule has 0 saturated heterocycles. The number of aryl methyl sites for hydroxylation is 2. The van der Waals surface area contributed by atoms with Crippen LogP contribution in [0.25, 0.3) is 0 Å². The quantitative estimate of drug-likeness (QED) is 0.921. The Kier molecular flexibility index (Phi) is 5.01. The molecule has 4 nitrogen and oxygen atoms in total. The third-order valence-corrected chi connectivity index (χ3v) is 3.44. The second kappa shape index (κ2) is 6.77. The number of benzene rings is 1. The second-order valence-corrected chi connectivity index (χ2v) is 6.32. The van der Waals surface area contributed by atoms with E-state index in [0.717, 1.165) is 11.3 Å². The van der Waals surface area contributed by atoms with Crippen LogP contribution in [0, 0.1) is 26.7 Å². The van der Waals surface area contributed by atoms with Crippen LogP contribution in [0.2, 0.25) is 0 Å². The lowest BCUT2D eigenvalue weighted by molar-refractivity contribution is 0.249. The fourth-order valence-corrected chi connectivity index (χ4v) is 2.41. The minimum atomic E-state index is -0.131. The summed E-state index contributed by atoms with van der Waals surface area (Å²) < 4.78 is 5.56. The molecule has 2 rings (SSSR count). The molecule has 0 bridgehead atoms. The monoisotopic (exact) mass is 300 g/mol. The fourth-order valence-electron chi connectivity index (χ4n) is 2.41. The number of hydrogen-bond acceptors (Lipinski definition) is 3. The first-order valence-electron chi connectivity index (χ1n) is 7.65. The van der Waals surface area contributed by atoms with Gasteiger partial charge >= 0.3 is 0 Å². The zero-order chi connectivity index (χ0) is 16.3. The normalized spacial score (nSPS) is 11.0. The number of rotatable bonds is 5. The molecule has 4 heteroatoms. The molecule has 1 aromatic carbocycles. The van der Waals surface area contributed by atoms with Gasteiger partial charge in [-0.25, -0.2) is 4.98 Å². The number of nitrogens with zero attached hydrogens (tertiary/aromatic N) is 1. The van der Waals surface area contributed by atoms with Crippen LogP contribution in [0.3, 0.4) is 0 Å². The van der Waals surface area contributed by atoms with Crippen LogP contribution >= 0.6 is 0 Å². The molecule has 0 atom stereocenters. The lowest BCUT2D eigenvalue weighted by Crippen LogP contribution is -2.18. The molecule has 0 radical (unpaired) electrons. The first kappa shape index (κ1) is 16.3. The lowest BCUT2D eigenvalue weighted by atomic mass is 10.0. The highest BCUT2D eigenvalue weighted by Crippen LogP contribution is 2.15. The molecule has 0 aliphatic rings. The maximum atomic E-state index is 12.1. The van der Waals surface area contributed by atoms with Crippen molar-refractivity contribution in [1.82, 2.24) is 9.97 Å². The summed E-state index contributed by atoms with van der Waals surface area (Å²) >= 11 is 0. The van der Waals surface area contributed by atoms with Gasteiger partial charge in [0.05, 0.1) is 12.3 Å². The summed E-state index contributed by atoms with van der Waals surface area (Å²) in [7, 11) is 0. The van der Waals surface area contributed by atoms with Gasteiger partial charge in [-0.05, 0) is 32.3 Å². The molecule has 0 saturated carbocycles. The summed E-state index contributed by atoms with van der Waals surface area (Å²) in [6.07, 6.45) is 0.635. The Hall–Kier alpha value is -2.10. The van der Waals surface area contributed by atoms with Gasteiger partial charge in [0.15, 0.2) is 0 Å². The van der Waals surface area contributed by atoms with Crippen molar-refractivity contribution in [2.24, 2.45) is 5.92 Å². The van der Waals surface area contributed by atoms with Crippen LogP contribution in [0.5, 0.6) is 6.01 Å². The van der Waals surface area contributed by atoms with E-state index in [-0.39, 0.29) is 5.56 Å². The van der Waals surface area contributed by atoms with E-state index in [0.29, 0.717) is 30.5 Å². The number of ether oxygens (including phenoxy) is 1. The summed E-state index contributed by atoms with van der Waals surface area (Å²) in [5.74, 6) is 0.384. The van der Waals surface area contributed by atoms with Gasteiger partial charge in [-0.1, -0.05) is 43.2 Å². The summed E-state index contributed by atoms with van der Waals surface area (Å²) in [5, 5.41) is 0. The highest BCUT2D eigenvalue weighted by molar-refractivity contribution is 5.33. The van der Waals surface area contributed by atoms with Crippen molar-refractivity contribution < 1.29 is 4.74 Å². The third kappa shape index (κ3) is 4.20. The summed E-state index contributed by atoms with van der Waals surface area (Å²) in [4.78, 5) is 19.2. The van der Waals surface area contributed by atoms with Crippen molar-refractivity contribution in [3.8, 4) is 6.01 Å². The molecule has 0 amide bonds. The highest BCUT2D eigenvalue weighted by Gasteiger charge is 2.10. The SMILES string of the molecule is Cc1cc(C)cc(Cc2nc(OCC(C)C)[nH]c(=O)c2C)c1. The molecule has 1 N–H and O–H groups in total. The number of H-pyrrole nitrogens is 1. The van der Waals surface area contributed by atoms with Crippen LogP contribution in [-0.4, -0.2) is 16.6 Å². The first-order valence-corrected chi connectivity index (χ1v) is 7.65. The van der Waals surface area contributed by atoms with Crippen molar-refractivity contribution in [3.63, 3.8) is 0 Å². The van der Waals surface area contributed by atoms with E-state index in [1.54, 1.807) is 6.92 Å². The molecule has 1 aromatic heterocycles. The number of aromatic amines is 1. The van der Waals surface area contributed by atoms with Crippen LogP contribution < -0.4 is 10.3 Å². The smallest absolute Gasteiger partial charge is 0.296 e. The predicted octanol–water partition coefficient (Wildman–Crippen LogP) is 3.32. The summed E-state index contributed by atoms with van der Waals surface area (Å²) in [6, 6.07) is 6.70. The van der Waals surface area contributed by atoms with Gasteiger partial charge in [0.25, 0.3) is 11.6 Å². The zero-order valence-corrected chi connectivity index (χ0v) is 14.0. The summed E-state index contributed by atoms with van der Waals surface area (Å²) in [5.41, 5.74) is 4.88. The Bertz CT molecular complexity index is 697. The molecule has 118 valence electrons. The topological polar surface area (TPSA) is 55.0 Å². The van der Waals surface area contributed by atoms with Crippen molar-refractivity contribution >= 4 is 0 Å². The molecular weight excluding hydrogens is 276 g/mol. The van der Waals surface area contributed by atoms with E-state index < -0.39 is 0 Å². The molecular formula is C18H24N2O2. The Labute approximate surface area is 131 Å². The lowest BCUT2D eigenvalue weighted by Gasteiger charge is -2.11. The molecule has 0 aliphatic heterocycles. The van der Waals surface area contributed by atoms with E-state index in [9.17, 15) is 4.79 Å². The van der Waals surface area contributed by atoms with E-state index in [4.69, 9.17) is 4.74 Å². The van der Waals surface area contributed by atoms with E-state index in [2.05, 4.69) is 55.9 Å². The van der Waals surface area contributed by atoms with Gasteiger partial charge in [0.2, 0.25) is 0 Å². The molecule has 0 aliphatic carbocycles. The average molecular weight is 300 g/mol.